The quantitative estimate of drug-likeness (QED) is 0.114. The number of aromatic nitrogens is 4. The topological polar surface area (TPSA) is 36.1 Å². The maximum Gasteiger partial charge on any atom is 0.202 e. The Morgan fingerprint density at radius 3 is 1.25 bits per heavy atom. The molecule has 8 aromatic rings. The molecular weight excluding hydrogens is 824 g/mol. The minimum absolute atomic E-state index is 0. The van der Waals surface area contributed by atoms with Crippen LogP contribution >= 0.6 is 0 Å². The Morgan fingerprint density at radius 1 is 0.464 bits per heavy atom. The molecule has 8 rings (SSSR count). The Labute approximate surface area is 351 Å². The minimum atomic E-state index is 0. The van der Waals surface area contributed by atoms with E-state index in [4.69, 9.17) is 9.47 Å². The molecule has 290 valence electrons. The molecule has 0 spiro atoms. The van der Waals surface area contributed by atoms with Crippen LogP contribution in [0.2, 0.25) is 0 Å². The average Bonchev–Trinajstić information content (AvgIpc) is 3.69. The molecule has 0 aliphatic rings. The van der Waals surface area contributed by atoms with Gasteiger partial charge in [-0.3, -0.25) is 0 Å². The van der Waals surface area contributed by atoms with Gasteiger partial charge < -0.3 is 52.6 Å². The highest BCUT2D eigenvalue weighted by atomic mass is 79.9. The van der Waals surface area contributed by atoms with Crippen LogP contribution in [0.1, 0.15) is 61.0 Å². The van der Waals surface area contributed by atoms with Crippen LogP contribution in [0.15, 0.2) is 122 Å². The van der Waals surface area contributed by atoms with Gasteiger partial charge in [-0.2, -0.15) is 0 Å². The van der Waals surface area contributed by atoms with Crippen molar-refractivity contribution >= 4 is 43.6 Å². The maximum atomic E-state index is 5.64. The van der Waals surface area contributed by atoms with E-state index in [2.05, 4.69) is 154 Å². The summed E-state index contributed by atoms with van der Waals surface area (Å²) < 4.78 is 21.2. The lowest BCUT2D eigenvalue weighted by Gasteiger charge is -2.10. The molecule has 0 fully saturated rings. The van der Waals surface area contributed by atoms with E-state index in [0.717, 1.165) is 37.7 Å². The highest BCUT2D eigenvalue weighted by Gasteiger charge is 2.22. The Bertz CT molecular complexity index is 2380. The van der Waals surface area contributed by atoms with Gasteiger partial charge in [-0.05, 0) is 48.2 Å². The van der Waals surface area contributed by atoms with E-state index >= 15 is 0 Å². The number of rotatable bonds is 15. The molecule has 0 N–H and O–H groups in total. The fourth-order valence-corrected chi connectivity index (χ4v) is 8.52. The molecule has 6 nitrogen and oxygen atoms in total. The van der Waals surface area contributed by atoms with Crippen LogP contribution in [0.4, 0.5) is 0 Å². The first-order valence-corrected chi connectivity index (χ1v) is 19.6. The standard InChI is InChI=1S/C48H52N4O2.2BrH/c1-35-47-43(41-23-21-39(53-3)31-45(41)51(47)33-37-17-11-9-12-18-37)25-29-49(35)27-15-7-5-6-8-16-28-50-30-26-44-42-24-22-40(54-4)32-46(42)52(48(44)36(50)2)34-38-19-13-10-14-20-38;;/h9-14,17-26,29-32H,5-8,15-16,27-28,33-34H2,1-4H3;2*1H/q+2;;/p-2. The lowest BCUT2D eigenvalue weighted by molar-refractivity contribution is -0.702. The predicted octanol–water partition coefficient (Wildman–Crippen LogP) is 4.26. The van der Waals surface area contributed by atoms with Crippen molar-refractivity contribution < 1.29 is 52.6 Å². The Balaban J connectivity index is 0.00000266. The second kappa shape index (κ2) is 18.5. The molecule has 0 radical (unpaired) electrons. The number of nitrogens with zero attached hydrogens (tertiary/aromatic N) is 4. The Hall–Kier alpha value is -4.66. The van der Waals surface area contributed by atoms with E-state index in [1.807, 2.05) is 0 Å². The molecular formula is C48H52Br2N4O2. The van der Waals surface area contributed by atoms with Gasteiger partial charge in [-0.15, -0.1) is 0 Å². The smallest absolute Gasteiger partial charge is 0.202 e. The number of unbranched alkanes of at least 4 members (excludes halogenated alkanes) is 5. The zero-order valence-corrected chi connectivity index (χ0v) is 36.2. The number of hydrogen-bond donors (Lipinski definition) is 0. The molecule has 4 heterocycles. The van der Waals surface area contributed by atoms with Crippen molar-refractivity contribution in [3.05, 3.63) is 144 Å². The third kappa shape index (κ3) is 8.23. The summed E-state index contributed by atoms with van der Waals surface area (Å²) in [7, 11) is 3.49. The first-order chi connectivity index (χ1) is 26.5. The van der Waals surface area contributed by atoms with Gasteiger partial charge in [0.15, 0.2) is 12.4 Å². The number of ether oxygens (including phenoxy) is 2. The molecule has 56 heavy (non-hydrogen) atoms. The summed E-state index contributed by atoms with van der Waals surface area (Å²) in [5.41, 5.74) is 10.3. The van der Waals surface area contributed by atoms with Crippen molar-refractivity contribution in [1.29, 1.82) is 0 Å². The number of halogens is 2. The van der Waals surface area contributed by atoms with Crippen molar-refractivity contribution in [1.82, 2.24) is 9.13 Å². The lowest BCUT2D eigenvalue weighted by atomic mass is 10.1. The van der Waals surface area contributed by atoms with Crippen LogP contribution in [0.5, 0.6) is 11.5 Å². The molecule has 0 unspecified atom stereocenters. The molecule has 0 bridgehead atoms. The van der Waals surface area contributed by atoms with E-state index in [-0.39, 0.29) is 34.0 Å². The van der Waals surface area contributed by atoms with Gasteiger partial charge in [0.25, 0.3) is 0 Å². The number of benzene rings is 4. The summed E-state index contributed by atoms with van der Waals surface area (Å²) in [4.78, 5) is 0. The summed E-state index contributed by atoms with van der Waals surface area (Å²) in [6, 6.07) is 39.1. The van der Waals surface area contributed by atoms with Crippen molar-refractivity contribution in [3.63, 3.8) is 0 Å². The van der Waals surface area contributed by atoms with Gasteiger partial charge in [0.2, 0.25) is 11.4 Å². The van der Waals surface area contributed by atoms with Crippen LogP contribution in [0, 0.1) is 13.8 Å². The molecule has 0 saturated carbocycles. The summed E-state index contributed by atoms with van der Waals surface area (Å²) in [5, 5.41) is 5.17. The molecule has 0 saturated heterocycles. The summed E-state index contributed by atoms with van der Waals surface area (Å²) in [6.45, 7) is 8.31. The second-order valence-electron chi connectivity index (χ2n) is 14.7. The van der Waals surface area contributed by atoms with Crippen molar-refractivity contribution in [3.8, 4) is 11.5 Å². The number of hydrogen-bond acceptors (Lipinski definition) is 2. The lowest BCUT2D eigenvalue weighted by Crippen LogP contribution is -3.00. The first kappa shape index (κ1) is 41.0. The monoisotopic (exact) mass is 874 g/mol. The van der Waals surface area contributed by atoms with Gasteiger partial charge in [-0.25, -0.2) is 9.13 Å². The highest BCUT2D eigenvalue weighted by Crippen LogP contribution is 2.34. The molecule has 0 atom stereocenters. The fourth-order valence-electron chi connectivity index (χ4n) is 8.52. The average molecular weight is 877 g/mol. The van der Waals surface area contributed by atoms with E-state index in [1.54, 1.807) is 14.2 Å². The summed E-state index contributed by atoms with van der Waals surface area (Å²) in [6.07, 6.45) is 12.0. The zero-order chi connectivity index (χ0) is 37.0. The number of fused-ring (bicyclic) bond motifs is 6. The SMILES string of the molecule is COc1ccc2c3cc[n+](CCCCCCCC[n+]4ccc5c6ccc(OC)cc6n(Cc6ccccc6)c5c4C)c(C)c3n(Cc3ccccc3)c2c1.[Br-].[Br-]. The predicted molar refractivity (Wildman–Crippen MR) is 221 cm³/mol. The van der Waals surface area contributed by atoms with E-state index in [9.17, 15) is 0 Å². The van der Waals surface area contributed by atoms with Gasteiger partial charge >= 0.3 is 0 Å². The van der Waals surface area contributed by atoms with Crippen LogP contribution in [-0.4, -0.2) is 23.4 Å². The maximum absolute atomic E-state index is 5.64. The third-order valence-corrected chi connectivity index (χ3v) is 11.4. The Morgan fingerprint density at radius 2 is 0.857 bits per heavy atom. The molecule has 0 aliphatic carbocycles. The first-order valence-electron chi connectivity index (χ1n) is 19.6. The van der Waals surface area contributed by atoms with Crippen molar-refractivity contribution in [2.75, 3.05) is 14.2 Å². The largest absolute Gasteiger partial charge is 1.00 e. The second-order valence-corrected chi connectivity index (χ2v) is 14.7. The van der Waals surface area contributed by atoms with Gasteiger partial charge in [0.1, 0.15) is 35.6 Å². The van der Waals surface area contributed by atoms with Crippen molar-refractivity contribution in [2.45, 2.75) is 78.6 Å². The molecule has 4 aromatic carbocycles. The van der Waals surface area contributed by atoms with E-state index in [0.29, 0.717) is 0 Å². The molecule has 0 amide bonds. The van der Waals surface area contributed by atoms with Gasteiger partial charge in [0.05, 0.1) is 25.3 Å². The van der Waals surface area contributed by atoms with Crippen LogP contribution < -0.4 is 52.6 Å². The number of pyridine rings is 2. The third-order valence-electron chi connectivity index (χ3n) is 11.4. The van der Waals surface area contributed by atoms with Crippen molar-refractivity contribution in [2.24, 2.45) is 0 Å². The molecule has 8 heteroatoms. The minimum Gasteiger partial charge on any atom is -1.00 e. The number of aryl methyl sites for hydroxylation is 4. The van der Waals surface area contributed by atoms with E-state index < -0.39 is 0 Å². The number of methoxy groups -OCH3 is 2. The van der Waals surface area contributed by atoms with Gasteiger partial charge in [0, 0.05) is 85.6 Å². The zero-order valence-electron chi connectivity index (χ0n) is 33.0. The van der Waals surface area contributed by atoms with Crippen LogP contribution in [0.3, 0.4) is 0 Å². The van der Waals surface area contributed by atoms with Crippen LogP contribution in [0.25, 0.3) is 43.6 Å². The normalized spacial score (nSPS) is 11.3. The molecule has 0 aliphatic heterocycles. The van der Waals surface area contributed by atoms with Gasteiger partial charge in [-0.1, -0.05) is 73.5 Å². The Kier molecular flexibility index (Phi) is 13.6. The molecule has 4 aromatic heterocycles. The van der Waals surface area contributed by atoms with E-state index in [1.165, 1.54) is 105 Å². The summed E-state index contributed by atoms with van der Waals surface area (Å²) in [5.74, 6) is 1.79. The highest BCUT2D eigenvalue weighted by molar-refractivity contribution is 6.09. The van der Waals surface area contributed by atoms with Crippen LogP contribution in [-0.2, 0) is 26.2 Å². The fraction of sp³-hybridized carbons (Fsp3) is 0.292. The summed E-state index contributed by atoms with van der Waals surface area (Å²) >= 11 is 0.